The van der Waals surface area contributed by atoms with Crippen LogP contribution in [0.4, 0.5) is 16.0 Å². The lowest BCUT2D eigenvalue weighted by Gasteiger charge is -2.43. The maximum absolute atomic E-state index is 14.7. The van der Waals surface area contributed by atoms with Gasteiger partial charge in [-0.2, -0.15) is 5.10 Å². The molecule has 10 heteroatoms. The molecule has 1 aliphatic heterocycles. The number of aromatic nitrogens is 3. The number of aliphatic carboxylic acids is 1. The zero-order chi connectivity index (χ0) is 24.5. The van der Waals surface area contributed by atoms with Crippen molar-refractivity contribution in [1.29, 1.82) is 0 Å². The normalized spacial score (nSPS) is 20.9. The summed E-state index contributed by atoms with van der Waals surface area (Å²) in [5.74, 6) is -0.505. The summed E-state index contributed by atoms with van der Waals surface area (Å²) >= 11 is 12.5. The van der Waals surface area contributed by atoms with E-state index in [2.05, 4.69) is 25.4 Å². The topological polar surface area (TPSA) is 94.1 Å². The van der Waals surface area contributed by atoms with E-state index in [4.69, 9.17) is 23.2 Å². The van der Waals surface area contributed by atoms with Crippen LogP contribution in [0.2, 0.25) is 10.0 Å². The average molecular weight is 506 g/mol. The number of carboxylic acid groups (broad SMARTS) is 1. The highest BCUT2D eigenvalue weighted by molar-refractivity contribution is 6.42. The van der Waals surface area contributed by atoms with Crippen molar-refractivity contribution in [2.45, 2.75) is 45.7 Å². The summed E-state index contributed by atoms with van der Waals surface area (Å²) in [6, 6.07) is 10.1. The van der Waals surface area contributed by atoms with Gasteiger partial charge < -0.3 is 10.4 Å². The molecule has 1 fully saturated rings. The number of H-pyrrole nitrogens is 1. The minimum atomic E-state index is -1.12. The maximum atomic E-state index is 14.7. The van der Waals surface area contributed by atoms with E-state index in [1.807, 2.05) is 26.0 Å². The molecule has 2 aromatic heterocycles. The largest absolute Gasteiger partial charge is 0.481 e. The third-order valence-corrected chi connectivity index (χ3v) is 7.29. The lowest BCUT2D eigenvalue weighted by Crippen LogP contribution is -2.49. The van der Waals surface area contributed by atoms with Gasteiger partial charge in [0, 0.05) is 30.8 Å². The molecule has 34 heavy (non-hydrogen) atoms. The van der Waals surface area contributed by atoms with Crippen molar-refractivity contribution < 1.29 is 14.3 Å². The van der Waals surface area contributed by atoms with Crippen LogP contribution >= 0.6 is 23.2 Å². The molecule has 0 saturated carbocycles. The molecule has 3 aromatic rings. The van der Waals surface area contributed by atoms with Gasteiger partial charge >= 0.3 is 5.97 Å². The first-order valence-electron chi connectivity index (χ1n) is 11.0. The van der Waals surface area contributed by atoms with E-state index < -0.39 is 17.2 Å². The summed E-state index contributed by atoms with van der Waals surface area (Å²) in [4.78, 5) is 19.0. The van der Waals surface area contributed by atoms with Crippen molar-refractivity contribution in [2.75, 3.05) is 11.9 Å². The Labute approximate surface area is 207 Å². The van der Waals surface area contributed by atoms with Crippen LogP contribution in [0.3, 0.4) is 0 Å². The molecular formula is C24H26Cl2FN5O2. The Kier molecular flexibility index (Phi) is 7.12. The van der Waals surface area contributed by atoms with Crippen molar-refractivity contribution in [3.8, 4) is 0 Å². The van der Waals surface area contributed by atoms with Crippen molar-refractivity contribution in [2.24, 2.45) is 5.41 Å². The number of likely N-dealkylation sites (tertiary alicyclic amines) is 1. The van der Waals surface area contributed by atoms with Crippen molar-refractivity contribution in [1.82, 2.24) is 20.1 Å². The van der Waals surface area contributed by atoms with E-state index in [1.54, 1.807) is 12.1 Å². The van der Waals surface area contributed by atoms with Gasteiger partial charge in [0.1, 0.15) is 11.6 Å². The maximum Gasteiger partial charge on any atom is 0.310 e. The number of benzene rings is 1. The van der Waals surface area contributed by atoms with Crippen LogP contribution in [-0.4, -0.2) is 43.7 Å². The van der Waals surface area contributed by atoms with Crippen molar-refractivity contribution in [3.05, 3.63) is 69.2 Å². The van der Waals surface area contributed by atoms with Gasteiger partial charge in [-0.05, 0) is 57.0 Å². The minimum Gasteiger partial charge on any atom is -0.481 e. The molecule has 7 nitrogen and oxygen atoms in total. The van der Waals surface area contributed by atoms with Crippen LogP contribution in [0.1, 0.15) is 36.7 Å². The number of piperidine rings is 1. The second-order valence-electron chi connectivity index (χ2n) is 8.94. The Morgan fingerprint density at radius 3 is 2.79 bits per heavy atom. The molecule has 0 spiro atoms. The number of halogens is 3. The number of aryl methyl sites for hydroxylation is 1. The van der Waals surface area contributed by atoms with E-state index in [-0.39, 0.29) is 18.2 Å². The number of rotatable bonds is 7. The van der Waals surface area contributed by atoms with Crippen LogP contribution in [-0.2, 0) is 17.8 Å². The van der Waals surface area contributed by atoms with Gasteiger partial charge in [-0.1, -0.05) is 35.3 Å². The number of anilines is 2. The second-order valence-corrected chi connectivity index (χ2v) is 9.72. The van der Waals surface area contributed by atoms with Crippen LogP contribution in [0.25, 0.3) is 0 Å². The van der Waals surface area contributed by atoms with Gasteiger partial charge in [0.15, 0.2) is 5.82 Å². The molecular weight excluding hydrogens is 480 g/mol. The predicted octanol–water partition coefficient (Wildman–Crippen LogP) is 5.60. The van der Waals surface area contributed by atoms with Gasteiger partial charge in [0.05, 0.1) is 21.2 Å². The predicted molar refractivity (Wildman–Crippen MR) is 130 cm³/mol. The molecule has 0 amide bonds. The number of nitrogens with zero attached hydrogens (tertiary/aromatic N) is 3. The van der Waals surface area contributed by atoms with Gasteiger partial charge in [0.25, 0.3) is 0 Å². The Balaban J connectivity index is 1.52. The number of nitrogens with one attached hydrogen (secondary N) is 2. The van der Waals surface area contributed by atoms with E-state index in [1.165, 1.54) is 12.1 Å². The first-order valence-corrected chi connectivity index (χ1v) is 11.8. The standard InChI is InChI=1S/C24H26Cl2FN5O2/c1-14-10-21(31-30-14)29-20-7-6-18(27)19(28-20)12-24(23(33)34)8-9-32(15(2)11-24)13-16-4-3-5-17(25)22(16)26/h3-7,10,15H,8-9,11-13H2,1-2H3,(H,33,34)(H2,28,29,30,31)/t15-,24?/m1/s1. The SMILES string of the molecule is Cc1cc(Nc2ccc(F)c(CC3(C(=O)O)CCN(Cc4cccc(Cl)c4Cl)[C@H](C)C3)n2)n[nH]1. The number of pyridine rings is 1. The average Bonchev–Trinajstić information content (AvgIpc) is 3.20. The summed E-state index contributed by atoms with van der Waals surface area (Å²) in [5, 5.41) is 21.1. The van der Waals surface area contributed by atoms with Crippen LogP contribution in [0, 0.1) is 18.2 Å². The summed E-state index contributed by atoms with van der Waals surface area (Å²) in [7, 11) is 0. The number of aromatic amines is 1. The van der Waals surface area contributed by atoms with Crippen LogP contribution in [0.5, 0.6) is 0 Å². The third-order valence-electron chi connectivity index (χ3n) is 6.43. The van der Waals surface area contributed by atoms with Crippen LogP contribution < -0.4 is 5.32 Å². The fourth-order valence-electron chi connectivity index (χ4n) is 4.54. The molecule has 2 atom stereocenters. The number of hydrogen-bond donors (Lipinski definition) is 3. The monoisotopic (exact) mass is 505 g/mol. The second kappa shape index (κ2) is 9.90. The quantitative estimate of drug-likeness (QED) is 0.386. The molecule has 0 bridgehead atoms. The Morgan fingerprint density at radius 1 is 1.32 bits per heavy atom. The molecule has 180 valence electrons. The highest BCUT2D eigenvalue weighted by Gasteiger charge is 2.45. The van der Waals surface area contributed by atoms with E-state index in [9.17, 15) is 14.3 Å². The Bertz CT molecular complexity index is 1200. The highest BCUT2D eigenvalue weighted by atomic mass is 35.5. The first-order chi connectivity index (χ1) is 16.2. The molecule has 1 aromatic carbocycles. The molecule has 1 saturated heterocycles. The van der Waals surface area contributed by atoms with Gasteiger partial charge in [-0.3, -0.25) is 14.8 Å². The molecule has 0 aliphatic carbocycles. The zero-order valence-corrected chi connectivity index (χ0v) is 20.4. The van der Waals surface area contributed by atoms with Crippen molar-refractivity contribution >= 4 is 40.8 Å². The number of hydrogen-bond acceptors (Lipinski definition) is 5. The summed E-state index contributed by atoms with van der Waals surface area (Å²) in [5.41, 5.74) is 0.764. The third kappa shape index (κ3) is 5.19. The smallest absolute Gasteiger partial charge is 0.310 e. The lowest BCUT2D eigenvalue weighted by atomic mass is 9.72. The van der Waals surface area contributed by atoms with Crippen molar-refractivity contribution in [3.63, 3.8) is 0 Å². The van der Waals surface area contributed by atoms with E-state index in [0.717, 1.165) is 11.3 Å². The minimum absolute atomic E-state index is 0.000614. The summed E-state index contributed by atoms with van der Waals surface area (Å²) in [6.45, 7) is 4.94. The van der Waals surface area contributed by atoms with E-state index >= 15 is 0 Å². The van der Waals surface area contributed by atoms with Gasteiger partial charge in [-0.15, -0.1) is 0 Å². The number of carboxylic acids is 1. The lowest BCUT2D eigenvalue weighted by molar-refractivity contribution is -0.153. The van der Waals surface area contributed by atoms with E-state index in [0.29, 0.717) is 47.6 Å². The zero-order valence-electron chi connectivity index (χ0n) is 18.9. The summed E-state index contributed by atoms with van der Waals surface area (Å²) in [6.07, 6.45) is 0.722. The van der Waals surface area contributed by atoms with Crippen LogP contribution in [0.15, 0.2) is 36.4 Å². The fourth-order valence-corrected chi connectivity index (χ4v) is 4.92. The molecule has 1 unspecified atom stereocenters. The first kappa shape index (κ1) is 24.4. The summed E-state index contributed by atoms with van der Waals surface area (Å²) < 4.78 is 14.7. The molecule has 3 heterocycles. The fraction of sp³-hybridized carbons (Fsp3) is 0.375. The molecule has 4 rings (SSSR count). The molecule has 0 radical (unpaired) electrons. The molecule has 3 N–H and O–H groups in total. The highest BCUT2D eigenvalue weighted by Crippen LogP contribution is 2.40. The Hall–Kier alpha value is -2.68. The van der Waals surface area contributed by atoms with Gasteiger partial charge in [0.2, 0.25) is 0 Å². The van der Waals surface area contributed by atoms with Gasteiger partial charge in [-0.25, -0.2) is 9.37 Å². The molecule has 1 aliphatic rings. The Morgan fingerprint density at radius 2 is 2.12 bits per heavy atom. The number of carbonyl (C=O) groups is 1.